The predicted molar refractivity (Wildman–Crippen MR) is 75.1 cm³/mol. The summed E-state index contributed by atoms with van der Waals surface area (Å²) in [5, 5.41) is 12.4. The molecule has 2 fully saturated rings. The van der Waals surface area contributed by atoms with Crippen molar-refractivity contribution in [1.82, 2.24) is 10.2 Å². The molecule has 6 nitrogen and oxygen atoms in total. The van der Waals surface area contributed by atoms with Gasteiger partial charge in [0.05, 0.1) is 6.54 Å². The number of carboxylic acids is 1. The average Bonchev–Trinajstić information content (AvgIpc) is 3.17. The van der Waals surface area contributed by atoms with Crippen LogP contribution in [0.3, 0.4) is 0 Å². The van der Waals surface area contributed by atoms with Gasteiger partial charge in [0.15, 0.2) is 0 Å². The SMILES string of the molecule is NC(=O)CN1CC(CCC(=O)O)CC(NCC2CC2)C1. The van der Waals surface area contributed by atoms with E-state index in [-0.39, 0.29) is 18.9 Å². The van der Waals surface area contributed by atoms with E-state index in [1.54, 1.807) is 0 Å². The molecule has 1 heterocycles. The van der Waals surface area contributed by atoms with Gasteiger partial charge in [-0.15, -0.1) is 0 Å². The molecule has 0 bridgehead atoms. The summed E-state index contributed by atoms with van der Waals surface area (Å²) in [5.41, 5.74) is 5.27. The van der Waals surface area contributed by atoms with Crippen LogP contribution in [-0.4, -0.2) is 54.1 Å². The van der Waals surface area contributed by atoms with E-state index in [9.17, 15) is 9.59 Å². The molecular weight excluding hydrogens is 258 g/mol. The largest absolute Gasteiger partial charge is 0.481 e. The fourth-order valence-electron chi connectivity index (χ4n) is 2.99. The monoisotopic (exact) mass is 283 g/mol. The van der Waals surface area contributed by atoms with Gasteiger partial charge in [-0.1, -0.05) is 0 Å². The summed E-state index contributed by atoms with van der Waals surface area (Å²) >= 11 is 0. The summed E-state index contributed by atoms with van der Waals surface area (Å²) in [6, 6.07) is 0.350. The highest BCUT2D eigenvalue weighted by Gasteiger charge is 2.29. The van der Waals surface area contributed by atoms with Gasteiger partial charge in [-0.3, -0.25) is 14.5 Å². The van der Waals surface area contributed by atoms with E-state index in [0.29, 0.717) is 18.4 Å². The summed E-state index contributed by atoms with van der Waals surface area (Å²) < 4.78 is 0. The number of amides is 1. The number of carboxylic acid groups (broad SMARTS) is 1. The van der Waals surface area contributed by atoms with Crippen molar-refractivity contribution in [2.75, 3.05) is 26.2 Å². The van der Waals surface area contributed by atoms with Crippen molar-refractivity contribution in [2.45, 2.75) is 38.1 Å². The number of carbonyl (C=O) groups excluding carboxylic acids is 1. The van der Waals surface area contributed by atoms with Crippen LogP contribution in [0.1, 0.15) is 32.1 Å². The van der Waals surface area contributed by atoms with Crippen LogP contribution in [0.4, 0.5) is 0 Å². The second kappa shape index (κ2) is 7.04. The molecule has 4 N–H and O–H groups in total. The molecule has 1 saturated heterocycles. The molecule has 0 aromatic carbocycles. The number of hydrogen-bond acceptors (Lipinski definition) is 4. The Labute approximate surface area is 119 Å². The third kappa shape index (κ3) is 5.46. The van der Waals surface area contributed by atoms with Crippen LogP contribution >= 0.6 is 0 Å². The molecule has 0 aromatic rings. The standard InChI is InChI=1S/C14H25N3O3/c15-13(18)9-17-7-11(3-4-14(19)20)5-12(8-17)16-6-10-1-2-10/h10-12,16H,1-9H2,(H2,15,18)(H,19,20). The van der Waals surface area contributed by atoms with Crippen molar-refractivity contribution >= 4 is 11.9 Å². The Kier molecular flexibility index (Phi) is 5.37. The first-order valence-electron chi connectivity index (χ1n) is 7.48. The number of nitrogens with zero attached hydrogens (tertiary/aromatic N) is 1. The molecule has 0 radical (unpaired) electrons. The van der Waals surface area contributed by atoms with Crippen LogP contribution in [0.15, 0.2) is 0 Å². The molecule has 1 aliphatic carbocycles. The Morgan fingerprint density at radius 2 is 2.00 bits per heavy atom. The lowest BCUT2D eigenvalue weighted by atomic mass is 9.90. The number of aliphatic carboxylic acids is 1. The normalized spacial score (nSPS) is 27.4. The number of primary amides is 1. The van der Waals surface area contributed by atoms with Crippen molar-refractivity contribution in [3.05, 3.63) is 0 Å². The number of rotatable bonds is 8. The Morgan fingerprint density at radius 1 is 1.25 bits per heavy atom. The number of hydrogen-bond donors (Lipinski definition) is 3. The average molecular weight is 283 g/mol. The molecule has 0 spiro atoms. The first kappa shape index (κ1) is 15.3. The Balaban J connectivity index is 1.82. The summed E-state index contributed by atoms with van der Waals surface area (Å²) in [4.78, 5) is 23.9. The summed E-state index contributed by atoms with van der Waals surface area (Å²) in [6.07, 6.45) is 4.49. The van der Waals surface area contributed by atoms with E-state index in [1.165, 1.54) is 12.8 Å². The highest BCUT2D eigenvalue weighted by Crippen LogP contribution is 2.28. The molecular formula is C14H25N3O3. The molecule has 114 valence electrons. The minimum absolute atomic E-state index is 0.199. The van der Waals surface area contributed by atoms with Crippen LogP contribution < -0.4 is 11.1 Å². The van der Waals surface area contributed by atoms with Gasteiger partial charge in [-0.25, -0.2) is 0 Å². The van der Waals surface area contributed by atoms with Gasteiger partial charge in [0.1, 0.15) is 0 Å². The van der Waals surface area contributed by atoms with Crippen LogP contribution in [-0.2, 0) is 9.59 Å². The number of carbonyl (C=O) groups is 2. The van der Waals surface area contributed by atoms with Crippen LogP contribution in [0.2, 0.25) is 0 Å². The van der Waals surface area contributed by atoms with E-state index in [2.05, 4.69) is 10.2 Å². The fourth-order valence-corrected chi connectivity index (χ4v) is 2.99. The first-order chi connectivity index (χ1) is 9.52. The maximum Gasteiger partial charge on any atom is 0.303 e. The molecule has 2 unspecified atom stereocenters. The lowest BCUT2D eigenvalue weighted by Crippen LogP contribution is -2.51. The number of nitrogens with one attached hydrogen (secondary N) is 1. The van der Waals surface area contributed by atoms with Crippen LogP contribution in [0.25, 0.3) is 0 Å². The quantitative estimate of drug-likeness (QED) is 0.584. The minimum Gasteiger partial charge on any atom is -0.481 e. The van der Waals surface area contributed by atoms with Gasteiger partial charge in [0.25, 0.3) is 0 Å². The van der Waals surface area contributed by atoms with Gasteiger partial charge < -0.3 is 16.2 Å². The summed E-state index contributed by atoms with van der Waals surface area (Å²) in [6.45, 7) is 2.92. The number of piperidine rings is 1. The Bertz CT molecular complexity index is 358. The zero-order valence-electron chi connectivity index (χ0n) is 11.9. The fraction of sp³-hybridized carbons (Fsp3) is 0.857. The highest BCUT2D eigenvalue weighted by molar-refractivity contribution is 5.75. The molecule has 0 aromatic heterocycles. The molecule has 1 amide bonds. The molecule has 2 atom stereocenters. The molecule has 20 heavy (non-hydrogen) atoms. The van der Waals surface area contributed by atoms with Crippen LogP contribution in [0, 0.1) is 11.8 Å². The smallest absolute Gasteiger partial charge is 0.303 e. The first-order valence-corrected chi connectivity index (χ1v) is 7.48. The second-order valence-electron chi connectivity index (χ2n) is 6.24. The molecule has 1 saturated carbocycles. The third-order valence-electron chi connectivity index (χ3n) is 4.15. The summed E-state index contributed by atoms with van der Waals surface area (Å²) in [5.74, 6) is 0.0826. The Morgan fingerprint density at radius 3 is 2.60 bits per heavy atom. The highest BCUT2D eigenvalue weighted by atomic mass is 16.4. The molecule has 2 aliphatic rings. The maximum absolute atomic E-state index is 11.1. The second-order valence-corrected chi connectivity index (χ2v) is 6.24. The number of likely N-dealkylation sites (tertiary alicyclic amines) is 1. The van der Waals surface area contributed by atoms with Gasteiger partial charge in [0, 0.05) is 25.6 Å². The molecule has 2 rings (SSSR count). The van der Waals surface area contributed by atoms with Gasteiger partial charge >= 0.3 is 5.97 Å². The molecule has 6 heteroatoms. The van der Waals surface area contributed by atoms with Crippen molar-refractivity contribution in [3.8, 4) is 0 Å². The Hall–Kier alpha value is -1.14. The lowest BCUT2D eigenvalue weighted by Gasteiger charge is -2.37. The summed E-state index contributed by atoms with van der Waals surface area (Å²) in [7, 11) is 0. The topological polar surface area (TPSA) is 95.7 Å². The lowest BCUT2D eigenvalue weighted by molar-refractivity contribution is -0.137. The minimum atomic E-state index is -0.750. The van der Waals surface area contributed by atoms with E-state index < -0.39 is 5.97 Å². The zero-order chi connectivity index (χ0) is 14.5. The van der Waals surface area contributed by atoms with E-state index >= 15 is 0 Å². The van der Waals surface area contributed by atoms with Gasteiger partial charge in [0.2, 0.25) is 5.91 Å². The third-order valence-corrected chi connectivity index (χ3v) is 4.15. The van der Waals surface area contributed by atoms with Crippen molar-refractivity contribution in [3.63, 3.8) is 0 Å². The predicted octanol–water partition coefficient (Wildman–Crippen LogP) is 0.0266. The van der Waals surface area contributed by atoms with Crippen molar-refractivity contribution < 1.29 is 14.7 Å². The van der Waals surface area contributed by atoms with Gasteiger partial charge in [-0.2, -0.15) is 0 Å². The van der Waals surface area contributed by atoms with Crippen molar-refractivity contribution in [2.24, 2.45) is 17.6 Å². The molecule has 1 aliphatic heterocycles. The van der Waals surface area contributed by atoms with Crippen molar-refractivity contribution in [1.29, 1.82) is 0 Å². The van der Waals surface area contributed by atoms with E-state index in [1.807, 2.05) is 0 Å². The zero-order valence-corrected chi connectivity index (χ0v) is 11.9. The maximum atomic E-state index is 11.1. The van der Waals surface area contributed by atoms with E-state index in [0.717, 1.165) is 32.0 Å². The van der Waals surface area contributed by atoms with Gasteiger partial charge in [-0.05, 0) is 44.1 Å². The van der Waals surface area contributed by atoms with E-state index in [4.69, 9.17) is 10.8 Å². The van der Waals surface area contributed by atoms with Crippen LogP contribution in [0.5, 0.6) is 0 Å². The number of nitrogens with two attached hydrogens (primary N) is 1.